The van der Waals surface area contributed by atoms with Gasteiger partial charge in [0.15, 0.2) is 0 Å². The molecule has 8 heteroatoms. The molecule has 2 aromatic rings. The van der Waals surface area contributed by atoms with Gasteiger partial charge in [0, 0.05) is 11.1 Å². The lowest BCUT2D eigenvalue weighted by Gasteiger charge is -2.25. The molecule has 26 heavy (non-hydrogen) atoms. The van der Waals surface area contributed by atoms with Crippen LogP contribution in [0.3, 0.4) is 0 Å². The summed E-state index contributed by atoms with van der Waals surface area (Å²) in [6, 6.07) is 5.70. The van der Waals surface area contributed by atoms with Gasteiger partial charge in [0.25, 0.3) is 0 Å². The lowest BCUT2D eigenvalue weighted by atomic mass is 9.95. The molecule has 1 aliphatic rings. The monoisotopic (exact) mass is 384 g/mol. The Bertz CT molecular complexity index is 820. The Balaban J connectivity index is 1.97. The molecule has 0 saturated carbocycles. The molecular weight excluding hydrogens is 368 g/mol. The topological polar surface area (TPSA) is 32.3 Å². The summed E-state index contributed by atoms with van der Waals surface area (Å²) in [5, 5.41) is 0. The quantitative estimate of drug-likeness (QED) is 0.471. The van der Waals surface area contributed by atoms with Crippen LogP contribution in [0.15, 0.2) is 36.4 Å². The SMILES string of the molecule is O=CN1CC(F)C(NS)C1Cc1cccc(-c2cc(F)ccc2F)c1F. The van der Waals surface area contributed by atoms with Crippen molar-refractivity contribution < 1.29 is 22.4 Å². The molecule has 1 fully saturated rings. The highest BCUT2D eigenvalue weighted by atomic mass is 32.1. The second-order valence-corrected chi connectivity index (χ2v) is 6.41. The van der Waals surface area contributed by atoms with Gasteiger partial charge < -0.3 is 4.90 Å². The largest absolute Gasteiger partial charge is 0.337 e. The highest BCUT2D eigenvalue weighted by Gasteiger charge is 2.41. The molecule has 3 nitrogen and oxygen atoms in total. The molecule has 0 bridgehead atoms. The summed E-state index contributed by atoms with van der Waals surface area (Å²) >= 11 is 3.89. The van der Waals surface area contributed by atoms with E-state index in [1.165, 1.54) is 23.1 Å². The Kier molecular flexibility index (Phi) is 5.52. The fourth-order valence-electron chi connectivity index (χ4n) is 3.30. The number of likely N-dealkylation sites (tertiary alicyclic amines) is 1. The van der Waals surface area contributed by atoms with Gasteiger partial charge in [-0.25, -0.2) is 17.6 Å². The predicted octanol–water partition coefficient (Wildman–Crippen LogP) is 3.30. The Labute approximate surface area is 153 Å². The third-order valence-corrected chi connectivity index (χ3v) is 4.92. The third kappa shape index (κ3) is 3.43. The van der Waals surface area contributed by atoms with E-state index in [2.05, 4.69) is 17.5 Å². The van der Waals surface area contributed by atoms with E-state index < -0.39 is 35.7 Å². The number of alkyl halides is 1. The van der Waals surface area contributed by atoms with E-state index in [1.807, 2.05) is 0 Å². The Morgan fingerprint density at radius 3 is 2.65 bits per heavy atom. The molecule has 0 radical (unpaired) electrons. The summed E-state index contributed by atoms with van der Waals surface area (Å²) in [6.07, 6.45) is -0.820. The first-order chi connectivity index (χ1) is 12.5. The number of hydrogen-bond donors (Lipinski definition) is 2. The number of thiol groups is 1. The Hall–Kier alpha value is -2.06. The van der Waals surface area contributed by atoms with Gasteiger partial charge in [-0.15, -0.1) is 0 Å². The number of hydrogen-bond acceptors (Lipinski definition) is 3. The van der Waals surface area contributed by atoms with Crippen LogP contribution in [-0.4, -0.2) is 36.1 Å². The molecule has 138 valence electrons. The van der Waals surface area contributed by atoms with Crippen LogP contribution < -0.4 is 4.72 Å². The second-order valence-electron chi connectivity index (χ2n) is 6.15. The molecule has 1 aliphatic heterocycles. The normalized spacial score (nSPS) is 22.7. The minimum Gasteiger partial charge on any atom is -0.337 e. The van der Waals surface area contributed by atoms with Crippen LogP contribution in [0, 0.1) is 17.5 Å². The van der Waals surface area contributed by atoms with Crippen molar-refractivity contribution in [3.8, 4) is 11.1 Å². The smallest absolute Gasteiger partial charge is 0.210 e. The first kappa shape index (κ1) is 18.7. The number of carbonyl (C=O) groups excluding carboxylic acids is 1. The van der Waals surface area contributed by atoms with E-state index in [9.17, 15) is 22.4 Å². The zero-order valence-electron chi connectivity index (χ0n) is 13.5. The van der Waals surface area contributed by atoms with E-state index in [0.717, 1.165) is 18.2 Å². The molecule has 1 N–H and O–H groups in total. The fraction of sp³-hybridized carbons (Fsp3) is 0.278. The van der Waals surface area contributed by atoms with Crippen molar-refractivity contribution >= 4 is 19.2 Å². The maximum Gasteiger partial charge on any atom is 0.210 e. The molecule has 0 spiro atoms. The first-order valence-electron chi connectivity index (χ1n) is 7.93. The lowest BCUT2D eigenvalue weighted by molar-refractivity contribution is -0.119. The summed E-state index contributed by atoms with van der Waals surface area (Å²) in [4.78, 5) is 12.4. The van der Waals surface area contributed by atoms with Crippen molar-refractivity contribution in [1.29, 1.82) is 0 Å². The van der Waals surface area contributed by atoms with Crippen LogP contribution in [0.5, 0.6) is 0 Å². The fourth-order valence-corrected chi connectivity index (χ4v) is 3.64. The Morgan fingerprint density at radius 2 is 1.96 bits per heavy atom. The van der Waals surface area contributed by atoms with Crippen molar-refractivity contribution in [2.24, 2.45) is 0 Å². The highest BCUT2D eigenvalue weighted by Crippen LogP contribution is 2.30. The average Bonchev–Trinajstić information content (AvgIpc) is 2.93. The number of halogens is 4. The summed E-state index contributed by atoms with van der Waals surface area (Å²) in [6.45, 7) is -0.119. The minimum absolute atomic E-state index is 0.00793. The summed E-state index contributed by atoms with van der Waals surface area (Å²) < 4.78 is 58.9. The number of nitrogens with one attached hydrogen (secondary N) is 1. The van der Waals surface area contributed by atoms with E-state index >= 15 is 0 Å². The van der Waals surface area contributed by atoms with E-state index in [0.29, 0.717) is 6.41 Å². The predicted molar refractivity (Wildman–Crippen MR) is 92.8 cm³/mol. The Morgan fingerprint density at radius 1 is 1.19 bits per heavy atom. The van der Waals surface area contributed by atoms with Gasteiger partial charge in [-0.3, -0.25) is 9.52 Å². The van der Waals surface area contributed by atoms with Gasteiger partial charge in [-0.1, -0.05) is 31.0 Å². The molecule has 3 rings (SSSR count). The highest BCUT2D eigenvalue weighted by molar-refractivity contribution is 7.78. The van der Waals surface area contributed by atoms with Crippen molar-refractivity contribution in [2.75, 3.05) is 6.54 Å². The van der Waals surface area contributed by atoms with Gasteiger partial charge >= 0.3 is 0 Å². The average molecular weight is 384 g/mol. The number of carbonyl (C=O) groups is 1. The van der Waals surface area contributed by atoms with Crippen LogP contribution in [0.4, 0.5) is 17.6 Å². The van der Waals surface area contributed by atoms with Gasteiger partial charge in [0.2, 0.25) is 6.41 Å². The van der Waals surface area contributed by atoms with Gasteiger partial charge in [-0.05, 0) is 30.2 Å². The van der Waals surface area contributed by atoms with Gasteiger partial charge in [0.05, 0.1) is 18.6 Å². The van der Waals surface area contributed by atoms with Gasteiger partial charge in [0.1, 0.15) is 23.6 Å². The van der Waals surface area contributed by atoms with Crippen LogP contribution in [0.1, 0.15) is 5.56 Å². The number of rotatable bonds is 5. The molecule has 0 aromatic heterocycles. The van der Waals surface area contributed by atoms with Crippen molar-refractivity contribution in [1.82, 2.24) is 9.62 Å². The summed E-state index contributed by atoms with van der Waals surface area (Å²) in [5.41, 5.74) is -0.122. The molecule has 1 amide bonds. The maximum atomic E-state index is 15.0. The summed E-state index contributed by atoms with van der Waals surface area (Å²) in [7, 11) is 0. The minimum atomic E-state index is -1.34. The molecular formula is C18H16F4N2OS. The van der Waals surface area contributed by atoms with Gasteiger partial charge in [-0.2, -0.15) is 0 Å². The molecule has 1 saturated heterocycles. The van der Waals surface area contributed by atoms with E-state index in [-0.39, 0.29) is 29.7 Å². The number of amides is 1. The molecule has 3 atom stereocenters. The summed E-state index contributed by atoms with van der Waals surface area (Å²) in [5.74, 6) is -2.17. The molecule has 0 aliphatic carbocycles. The maximum absolute atomic E-state index is 15.0. The van der Waals surface area contributed by atoms with Crippen LogP contribution >= 0.6 is 12.8 Å². The standard InChI is InChI=1S/C18H16F4N2OS/c19-11-4-5-14(20)13(7-11)12-3-1-2-10(17(12)22)6-16-18(23-26)15(21)8-24(16)9-25/h1-5,7,9,15-16,18,23,26H,6,8H2. The molecule has 1 heterocycles. The van der Waals surface area contributed by atoms with E-state index in [4.69, 9.17) is 0 Å². The number of nitrogens with zero attached hydrogens (tertiary/aromatic N) is 1. The first-order valence-corrected chi connectivity index (χ1v) is 8.38. The van der Waals surface area contributed by atoms with Crippen molar-refractivity contribution in [3.05, 3.63) is 59.4 Å². The zero-order chi connectivity index (χ0) is 18.8. The third-order valence-electron chi connectivity index (χ3n) is 4.63. The van der Waals surface area contributed by atoms with Crippen molar-refractivity contribution in [2.45, 2.75) is 24.7 Å². The second kappa shape index (κ2) is 7.67. The van der Waals surface area contributed by atoms with Crippen LogP contribution in [0.2, 0.25) is 0 Å². The zero-order valence-corrected chi connectivity index (χ0v) is 14.4. The van der Waals surface area contributed by atoms with E-state index in [1.54, 1.807) is 0 Å². The van der Waals surface area contributed by atoms with Crippen LogP contribution in [-0.2, 0) is 11.2 Å². The molecule has 3 unspecified atom stereocenters. The van der Waals surface area contributed by atoms with Crippen LogP contribution in [0.25, 0.3) is 11.1 Å². The number of benzene rings is 2. The van der Waals surface area contributed by atoms with Crippen molar-refractivity contribution in [3.63, 3.8) is 0 Å². The molecule has 2 aromatic carbocycles. The lowest BCUT2D eigenvalue weighted by Crippen LogP contribution is -2.42.